The Morgan fingerprint density at radius 2 is 2.20 bits per heavy atom. The van der Waals surface area contributed by atoms with Gasteiger partial charge in [-0.1, -0.05) is 0 Å². The molecule has 3 nitrogen and oxygen atoms in total. The normalized spacial score (nSPS) is 12.0. The highest BCUT2D eigenvalue weighted by Crippen LogP contribution is 2.22. The van der Waals surface area contributed by atoms with Crippen LogP contribution in [0.2, 0.25) is 0 Å². The number of hydrogen-bond acceptors (Lipinski definition) is 3. The van der Waals surface area contributed by atoms with E-state index >= 15 is 0 Å². The molecular formula is C10H10BrFO3. The zero-order valence-electron chi connectivity index (χ0n) is 8.29. The molecule has 1 atom stereocenters. The van der Waals surface area contributed by atoms with Gasteiger partial charge in [0, 0.05) is 0 Å². The van der Waals surface area contributed by atoms with Crippen LogP contribution in [0.25, 0.3) is 0 Å². The average molecular weight is 277 g/mol. The van der Waals surface area contributed by atoms with Gasteiger partial charge in [-0.15, -0.1) is 0 Å². The van der Waals surface area contributed by atoms with Crippen LogP contribution in [-0.4, -0.2) is 19.2 Å². The molecule has 0 spiro atoms. The summed E-state index contributed by atoms with van der Waals surface area (Å²) in [5.74, 6) is -0.454. The van der Waals surface area contributed by atoms with E-state index in [1.807, 2.05) is 0 Å². The minimum atomic E-state index is -0.715. The summed E-state index contributed by atoms with van der Waals surface area (Å²) in [5.41, 5.74) is 0. The maximum absolute atomic E-state index is 12.9. The first kappa shape index (κ1) is 12.0. The quantitative estimate of drug-likeness (QED) is 0.796. The first-order chi connectivity index (χ1) is 7.04. The second-order valence-electron chi connectivity index (χ2n) is 2.86. The van der Waals surface area contributed by atoms with E-state index in [0.29, 0.717) is 5.75 Å². The lowest BCUT2D eigenvalue weighted by atomic mass is 10.3. The number of esters is 1. The number of methoxy groups -OCH3 is 1. The van der Waals surface area contributed by atoms with Crippen molar-refractivity contribution >= 4 is 21.9 Å². The molecular weight excluding hydrogens is 267 g/mol. The van der Waals surface area contributed by atoms with Crippen LogP contribution < -0.4 is 4.74 Å². The van der Waals surface area contributed by atoms with Gasteiger partial charge in [0.15, 0.2) is 6.10 Å². The maximum atomic E-state index is 12.9. The van der Waals surface area contributed by atoms with Crippen molar-refractivity contribution in [2.24, 2.45) is 0 Å². The summed E-state index contributed by atoms with van der Waals surface area (Å²) in [6.45, 7) is 1.56. The van der Waals surface area contributed by atoms with Crippen LogP contribution in [-0.2, 0) is 9.53 Å². The van der Waals surface area contributed by atoms with Gasteiger partial charge in [-0.05, 0) is 41.1 Å². The third-order valence-corrected chi connectivity index (χ3v) is 2.34. The molecule has 1 aromatic carbocycles. The smallest absolute Gasteiger partial charge is 0.346 e. The number of ether oxygens (including phenoxy) is 2. The van der Waals surface area contributed by atoms with Gasteiger partial charge in [-0.2, -0.15) is 0 Å². The van der Waals surface area contributed by atoms with Crippen LogP contribution >= 0.6 is 15.9 Å². The van der Waals surface area contributed by atoms with Crippen molar-refractivity contribution < 1.29 is 18.7 Å². The first-order valence-electron chi connectivity index (χ1n) is 4.24. The number of hydrogen-bond donors (Lipinski definition) is 0. The topological polar surface area (TPSA) is 35.5 Å². The summed E-state index contributed by atoms with van der Waals surface area (Å²) in [7, 11) is 1.28. The lowest BCUT2D eigenvalue weighted by Gasteiger charge is -2.12. The summed E-state index contributed by atoms with van der Waals surface area (Å²) in [6.07, 6.45) is -0.715. The van der Waals surface area contributed by atoms with Crippen molar-refractivity contribution in [3.8, 4) is 5.75 Å². The van der Waals surface area contributed by atoms with Crippen LogP contribution in [0, 0.1) is 5.82 Å². The minimum Gasteiger partial charge on any atom is -0.479 e. The highest BCUT2D eigenvalue weighted by molar-refractivity contribution is 9.10. The van der Waals surface area contributed by atoms with E-state index in [0.717, 1.165) is 0 Å². The van der Waals surface area contributed by atoms with Gasteiger partial charge in [0.2, 0.25) is 0 Å². The minimum absolute atomic E-state index is 0.289. The fourth-order valence-corrected chi connectivity index (χ4v) is 1.33. The van der Waals surface area contributed by atoms with Crippen molar-refractivity contribution in [1.82, 2.24) is 0 Å². The maximum Gasteiger partial charge on any atom is 0.346 e. The lowest BCUT2D eigenvalue weighted by Crippen LogP contribution is -2.24. The molecule has 0 saturated heterocycles. The van der Waals surface area contributed by atoms with Crippen LogP contribution in [0.15, 0.2) is 22.7 Å². The molecule has 1 rings (SSSR count). The van der Waals surface area contributed by atoms with Gasteiger partial charge in [0.1, 0.15) is 11.6 Å². The molecule has 0 N–H and O–H groups in total. The second kappa shape index (κ2) is 5.11. The molecule has 82 valence electrons. The molecule has 0 aliphatic rings. The van der Waals surface area contributed by atoms with Crippen LogP contribution in [0.4, 0.5) is 4.39 Å². The third kappa shape index (κ3) is 3.20. The Bertz CT molecular complexity index is 368. The van der Waals surface area contributed by atoms with E-state index in [4.69, 9.17) is 4.74 Å². The van der Waals surface area contributed by atoms with Crippen molar-refractivity contribution in [1.29, 1.82) is 0 Å². The fraction of sp³-hybridized carbons (Fsp3) is 0.300. The molecule has 0 radical (unpaired) electrons. The van der Waals surface area contributed by atoms with Crippen molar-refractivity contribution in [3.63, 3.8) is 0 Å². The molecule has 0 aliphatic heterocycles. The molecule has 15 heavy (non-hydrogen) atoms. The number of carbonyl (C=O) groups excluding carboxylic acids is 1. The lowest BCUT2D eigenvalue weighted by molar-refractivity contribution is -0.147. The van der Waals surface area contributed by atoms with E-state index in [9.17, 15) is 9.18 Å². The van der Waals surface area contributed by atoms with Gasteiger partial charge in [0.25, 0.3) is 0 Å². The van der Waals surface area contributed by atoms with E-state index in [1.165, 1.54) is 25.3 Å². The van der Waals surface area contributed by atoms with Gasteiger partial charge in [0.05, 0.1) is 11.6 Å². The molecule has 5 heteroatoms. The molecule has 0 unspecified atom stereocenters. The first-order valence-corrected chi connectivity index (χ1v) is 5.03. The van der Waals surface area contributed by atoms with Gasteiger partial charge < -0.3 is 9.47 Å². The zero-order chi connectivity index (χ0) is 11.4. The standard InChI is InChI=1S/C10H10BrFO3/c1-6(10(13)14-2)15-7-3-4-9(12)8(11)5-7/h3-6H,1-2H3/t6-/m1/s1. The predicted octanol–water partition coefficient (Wildman–Crippen LogP) is 2.53. The summed E-state index contributed by atoms with van der Waals surface area (Å²) in [6, 6.07) is 4.15. The van der Waals surface area contributed by atoms with Gasteiger partial charge >= 0.3 is 5.97 Å². The van der Waals surface area contributed by atoms with Gasteiger partial charge in [-0.3, -0.25) is 0 Å². The SMILES string of the molecule is COC(=O)[C@@H](C)Oc1ccc(F)c(Br)c1. The van der Waals surface area contributed by atoms with E-state index in [-0.39, 0.29) is 10.3 Å². The molecule has 0 saturated carbocycles. The second-order valence-corrected chi connectivity index (χ2v) is 3.71. The number of rotatable bonds is 3. The highest BCUT2D eigenvalue weighted by atomic mass is 79.9. The van der Waals surface area contributed by atoms with Crippen LogP contribution in [0.3, 0.4) is 0 Å². The highest BCUT2D eigenvalue weighted by Gasteiger charge is 2.15. The van der Waals surface area contributed by atoms with Crippen molar-refractivity contribution in [2.45, 2.75) is 13.0 Å². The number of carbonyl (C=O) groups is 1. The van der Waals surface area contributed by atoms with Crippen LogP contribution in [0.1, 0.15) is 6.92 Å². The third-order valence-electron chi connectivity index (χ3n) is 1.74. The predicted molar refractivity (Wildman–Crippen MR) is 56.2 cm³/mol. The fourth-order valence-electron chi connectivity index (χ4n) is 0.968. The Hall–Kier alpha value is -1.10. The Morgan fingerprint density at radius 1 is 1.53 bits per heavy atom. The molecule has 0 heterocycles. The van der Waals surface area contributed by atoms with Gasteiger partial charge in [-0.25, -0.2) is 9.18 Å². The Balaban J connectivity index is 2.73. The molecule has 0 aliphatic carbocycles. The van der Waals surface area contributed by atoms with E-state index in [1.54, 1.807) is 6.92 Å². The largest absolute Gasteiger partial charge is 0.479 e. The average Bonchev–Trinajstić information content (AvgIpc) is 2.22. The van der Waals surface area contributed by atoms with Crippen molar-refractivity contribution in [2.75, 3.05) is 7.11 Å². The Kier molecular flexibility index (Phi) is 4.08. The monoisotopic (exact) mass is 276 g/mol. The summed E-state index contributed by atoms with van der Waals surface area (Å²) in [5, 5.41) is 0. The molecule has 1 aromatic rings. The van der Waals surface area contributed by atoms with E-state index in [2.05, 4.69) is 20.7 Å². The summed E-state index contributed by atoms with van der Waals surface area (Å²) >= 11 is 3.02. The Labute approximate surface area is 95.3 Å². The molecule has 0 aromatic heterocycles. The number of benzene rings is 1. The molecule has 0 amide bonds. The number of halogens is 2. The molecule has 0 bridgehead atoms. The zero-order valence-corrected chi connectivity index (χ0v) is 9.88. The molecule has 0 fully saturated rings. The van der Waals surface area contributed by atoms with Crippen LogP contribution in [0.5, 0.6) is 5.75 Å². The Morgan fingerprint density at radius 3 is 2.73 bits per heavy atom. The summed E-state index contributed by atoms with van der Waals surface area (Å²) in [4.78, 5) is 11.0. The summed E-state index contributed by atoms with van der Waals surface area (Å²) < 4.78 is 22.9. The van der Waals surface area contributed by atoms with E-state index < -0.39 is 12.1 Å². The van der Waals surface area contributed by atoms with Crippen molar-refractivity contribution in [3.05, 3.63) is 28.5 Å².